The monoisotopic (exact) mass is 596 g/mol. The van der Waals surface area contributed by atoms with E-state index < -0.39 is 0 Å². The minimum atomic E-state index is -0.318. The van der Waals surface area contributed by atoms with Crippen LogP contribution in [0.4, 0.5) is 0 Å². The van der Waals surface area contributed by atoms with E-state index in [1.165, 1.54) is 84.4 Å². The molecule has 0 saturated heterocycles. The van der Waals surface area contributed by atoms with Crippen molar-refractivity contribution in [3.63, 3.8) is 0 Å². The first-order valence-electron chi connectivity index (χ1n) is 16.7. The zero-order valence-corrected chi connectivity index (χ0v) is 27.0. The average molecular weight is 597 g/mol. The minimum Gasteiger partial charge on any atom is -0.462 e. The van der Waals surface area contributed by atoms with Gasteiger partial charge in [-0.15, -0.1) is 0 Å². The number of fused-ring (bicyclic) bond motifs is 1. The summed E-state index contributed by atoms with van der Waals surface area (Å²) < 4.78 is 11.2. The second-order valence-corrected chi connectivity index (χ2v) is 12.8. The molecule has 3 aromatic rings. The number of aliphatic hydroxyl groups excluding tert-OH is 1. The molecule has 44 heavy (non-hydrogen) atoms. The first-order chi connectivity index (χ1) is 21.4. The van der Waals surface area contributed by atoms with Gasteiger partial charge in [0.05, 0.1) is 19.8 Å². The molecule has 0 radical (unpaired) electrons. The second kappa shape index (κ2) is 17.3. The van der Waals surface area contributed by atoms with E-state index in [-0.39, 0.29) is 12.6 Å². The Morgan fingerprint density at radius 3 is 2.27 bits per heavy atom. The maximum Gasteiger partial charge on any atom is 0.333 e. The number of aryl methyl sites for hydroxylation is 1. The highest BCUT2D eigenvalue weighted by Gasteiger charge is 2.28. The number of aliphatic hydroxyl groups is 1. The number of carbonyl (C=O) groups is 1. The Hall–Kier alpha value is -3.21. The summed E-state index contributed by atoms with van der Waals surface area (Å²) in [6.45, 7) is 12.8. The van der Waals surface area contributed by atoms with E-state index in [4.69, 9.17) is 9.47 Å². The summed E-state index contributed by atoms with van der Waals surface area (Å²) in [5.41, 5.74) is 6.55. The van der Waals surface area contributed by atoms with Crippen molar-refractivity contribution in [2.24, 2.45) is 11.8 Å². The molecule has 4 heteroatoms. The van der Waals surface area contributed by atoms with Crippen LogP contribution in [0.1, 0.15) is 88.7 Å². The molecule has 1 atom stereocenters. The number of carbonyl (C=O) groups excluding carboxylic acids is 1. The smallest absolute Gasteiger partial charge is 0.333 e. The van der Waals surface area contributed by atoms with Crippen LogP contribution in [0.5, 0.6) is 0 Å². The minimum absolute atomic E-state index is 0.0483. The van der Waals surface area contributed by atoms with Gasteiger partial charge in [0.15, 0.2) is 0 Å². The maximum absolute atomic E-state index is 11.9. The first kappa shape index (κ1) is 33.7. The Bertz CT molecular complexity index is 1360. The van der Waals surface area contributed by atoms with Gasteiger partial charge in [-0.05, 0) is 121 Å². The predicted octanol–water partition coefficient (Wildman–Crippen LogP) is 9.59. The Balaban J connectivity index is 1.34. The maximum atomic E-state index is 11.9. The molecule has 1 unspecified atom stereocenters. The average Bonchev–Trinajstić information content (AvgIpc) is 3.05. The number of esters is 1. The summed E-state index contributed by atoms with van der Waals surface area (Å²) in [4.78, 5) is 11.9. The van der Waals surface area contributed by atoms with Crippen molar-refractivity contribution in [1.29, 1.82) is 0 Å². The Morgan fingerprint density at radius 1 is 0.886 bits per heavy atom. The standard InChI is InChI=1S/C40H52O4/c1-5-6-7-8-31-9-11-33(12-10-31)36-17-19-39-26-37(18-20-38(39)25-36)34-15-13-32(14-16-34)35(21-23-43-28-30(4)27-41)22-24-44-40(42)29(2)3/h9-12,17-20,25-26,32,34-35,41H,2,4-8,13-16,21-24,27-28H2,1,3H3. The highest BCUT2D eigenvalue weighted by Crippen LogP contribution is 2.41. The van der Waals surface area contributed by atoms with E-state index in [9.17, 15) is 9.90 Å². The molecule has 1 saturated carbocycles. The third-order valence-electron chi connectivity index (χ3n) is 9.36. The lowest BCUT2D eigenvalue weighted by Gasteiger charge is -2.34. The summed E-state index contributed by atoms with van der Waals surface area (Å²) in [6.07, 6.45) is 11.4. The first-order valence-corrected chi connectivity index (χ1v) is 16.7. The lowest BCUT2D eigenvalue weighted by atomic mass is 9.72. The van der Waals surface area contributed by atoms with Gasteiger partial charge in [-0.3, -0.25) is 0 Å². The van der Waals surface area contributed by atoms with Crippen LogP contribution in [0, 0.1) is 11.8 Å². The van der Waals surface area contributed by atoms with Crippen LogP contribution in [0.15, 0.2) is 85.0 Å². The lowest BCUT2D eigenvalue weighted by molar-refractivity contribution is -0.139. The molecule has 3 aromatic carbocycles. The lowest BCUT2D eigenvalue weighted by Crippen LogP contribution is -2.24. The van der Waals surface area contributed by atoms with E-state index in [0.29, 0.717) is 48.7 Å². The number of rotatable bonds is 17. The molecule has 1 fully saturated rings. The van der Waals surface area contributed by atoms with E-state index in [0.717, 1.165) is 12.8 Å². The molecule has 1 aliphatic rings. The van der Waals surface area contributed by atoms with E-state index in [1.54, 1.807) is 6.92 Å². The Kier molecular flexibility index (Phi) is 13.3. The Morgan fingerprint density at radius 2 is 1.57 bits per heavy atom. The summed E-state index contributed by atoms with van der Waals surface area (Å²) in [5, 5.41) is 11.8. The normalized spacial score (nSPS) is 17.3. The fourth-order valence-electron chi connectivity index (χ4n) is 6.60. The zero-order valence-electron chi connectivity index (χ0n) is 27.0. The highest BCUT2D eigenvalue weighted by atomic mass is 16.5. The Labute approximate surface area is 265 Å². The van der Waals surface area contributed by atoms with Gasteiger partial charge in [0, 0.05) is 12.2 Å². The van der Waals surface area contributed by atoms with Crippen LogP contribution in [0.25, 0.3) is 21.9 Å². The van der Waals surface area contributed by atoms with E-state index in [1.807, 2.05) is 0 Å². The number of ether oxygens (including phenoxy) is 2. The quantitative estimate of drug-likeness (QED) is 0.0730. The second-order valence-electron chi connectivity index (χ2n) is 12.8. The van der Waals surface area contributed by atoms with Gasteiger partial charge in [-0.1, -0.05) is 87.5 Å². The van der Waals surface area contributed by atoms with Gasteiger partial charge < -0.3 is 14.6 Å². The van der Waals surface area contributed by atoms with Gasteiger partial charge in [0.2, 0.25) is 0 Å². The molecule has 1 N–H and O–H groups in total. The summed E-state index contributed by atoms with van der Waals surface area (Å²) in [6, 6.07) is 23.0. The van der Waals surface area contributed by atoms with Gasteiger partial charge in [0.25, 0.3) is 0 Å². The van der Waals surface area contributed by atoms with Crippen molar-refractivity contribution in [2.45, 2.75) is 84.0 Å². The predicted molar refractivity (Wildman–Crippen MR) is 183 cm³/mol. The number of benzene rings is 3. The van der Waals surface area contributed by atoms with Crippen LogP contribution in [-0.4, -0.2) is 37.5 Å². The van der Waals surface area contributed by atoms with E-state index >= 15 is 0 Å². The van der Waals surface area contributed by atoms with Crippen molar-refractivity contribution in [2.75, 3.05) is 26.4 Å². The van der Waals surface area contributed by atoms with Crippen molar-refractivity contribution in [3.05, 3.63) is 96.1 Å². The number of hydrogen-bond donors (Lipinski definition) is 1. The SMILES string of the molecule is C=C(CO)COCCC(CCOC(=O)C(=C)C)C1CCC(c2ccc3cc(-c4ccc(CCCCC)cc4)ccc3c2)CC1. The van der Waals surface area contributed by atoms with Crippen LogP contribution >= 0.6 is 0 Å². The zero-order chi connectivity index (χ0) is 31.3. The third-order valence-corrected chi connectivity index (χ3v) is 9.36. The fraction of sp³-hybridized carbons (Fsp3) is 0.475. The number of hydrogen-bond acceptors (Lipinski definition) is 4. The third kappa shape index (κ3) is 9.90. The molecule has 0 aliphatic heterocycles. The van der Waals surface area contributed by atoms with Crippen molar-refractivity contribution < 1.29 is 19.4 Å². The summed E-state index contributed by atoms with van der Waals surface area (Å²) in [5.74, 6) is 1.26. The molecule has 236 valence electrons. The van der Waals surface area contributed by atoms with Crippen LogP contribution in [0.3, 0.4) is 0 Å². The molecular weight excluding hydrogens is 544 g/mol. The van der Waals surface area contributed by atoms with Crippen LogP contribution in [0.2, 0.25) is 0 Å². The van der Waals surface area contributed by atoms with Crippen LogP contribution in [-0.2, 0) is 20.7 Å². The van der Waals surface area contributed by atoms with Gasteiger partial charge in [-0.25, -0.2) is 4.79 Å². The number of unbranched alkanes of at least 4 members (excludes halogenated alkanes) is 2. The molecule has 0 spiro atoms. The molecule has 0 aromatic heterocycles. The topological polar surface area (TPSA) is 55.8 Å². The fourth-order valence-corrected chi connectivity index (χ4v) is 6.60. The van der Waals surface area contributed by atoms with Gasteiger partial charge >= 0.3 is 5.97 Å². The van der Waals surface area contributed by atoms with Crippen molar-refractivity contribution in [3.8, 4) is 11.1 Å². The molecule has 0 amide bonds. The highest BCUT2D eigenvalue weighted by molar-refractivity contribution is 5.88. The molecule has 0 heterocycles. The van der Waals surface area contributed by atoms with Crippen molar-refractivity contribution >= 4 is 16.7 Å². The summed E-state index contributed by atoms with van der Waals surface area (Å²) >= 11 is 0. The molecule has 1 aliphatic carbocycles. The van der Waals surface area contributed by atoms with Gasteiger partial charge in [0.1, 0.15) is 0 Å². The van der Waals surface area contributed by atoms with E-state index in [2.05, 4.69) is 80.7 Å². The molecular formula is C40H52O4. The van der Waals surface area contributed by atoms with Gasteiger partial charge in [-0.2, -0.15) is 0 Å². The molecule has 4 rings (SSSR count). The summed E-state index contributed by atoms with van der Waals surface area (Å²) in [7, 11) is 0. The molecule has 0 bridgehead atoms. The molecule has 4 nitrogen and oxygen atoms in total. The largest absolute Gasteiger partial charge is 0.462 e. The van der Waals surface area contributed by atoms with Crippen molar-refractivity contribution in [1.82, 2.24) is 0 Å². The van der Waals surface area contributed by atoms with Crippen LogP contribution < -0.4 is 0 Å².